The van der Waals surface area contributed by atoms with Crippen LogP contribution in [0.2, 0.25) is 0 Å². The van der Waals surface area contributed by atoms with Crippen molar-refractivity contribution in [3.8, 4) is 0 Å². The molecule has 0 aromatic rings. The second kappa shape index (κ2) is 4.42. The van der Waals surface area contributed by atoms with E-state index in [2.05, 4.69) is 25.7 Å². The minimum atomic E-state index is 0.0298. The van der Waals surface area contributed by atoms with Crippen LogP contribution in [-0.4, -0.2) is 36.2 Å². The van der Waals surface area contributed by atoms with Crippen LogP contribution in [0.3, 0.4) is 0 Å². The summed E-state index contributed by atoms with van der Waals surface area (Å²) in [6.45, 7) is 10.1. The maximum atomic E-state index is 5.94. The zero-order valence-corrected chi connectivity index (χ0v) is 10.5. The molecule has 2 aliphatic rings. The van der Waals surface area contributed by atoms with Crippen molar-refractivity contribution in [1.29, 1.82) is 0 Å². The van der Waals surface area contributed by atoms with Gasteiger partial charge in [0.1, 0.15) is 0 Å². The van der Waals surface area contributed by atoms with E-state index in [9.17, 15) is 0 Å². The van der Waals surface area contributed by atoms with Gasteiger partial charge in [-0.15, -0.1) is 0 Å². The third-order valence-corrected chi connectivity index (χ3v) is 3.73. The van der Waals surface area contributed by atoms with Crippen LogP contribution in [0, 0.1) is 5.92 Å². The molecule has 15 heavy (non-hydrogen) atoms. The van der Waals surface area contributed by atoms with Gasteiger partial charge in [0, 0.05) is 6.04 Å². The molecule has 0 aliphatic carbocycles. The topological polar surface area (TPSA) is 12.5 Å². The maximum absolute atomic E-state index is 5.94. The molecular weight excluding hydrogens is 186 g/mol. The van der Waals surface area contributed by atoms with Gasteiger partial charge in [-0.05, 0) is 59.0 Å². The molecule has 2 heteroatoms. The highest BCUT2D eigenvalue weighted by Gasteiger charge is 2.35. The fourth-order valence-electron chi connectivity index (χ4n) is 2.90. The number of rotatable bonds is 2. The van der Waals surface area contributed by atoms with Crippen molar-refractivity contribution in [3.05, 3.63) is 0 Å². The fourth-order valence-corrected chi connectivity index (χ4v) is 2.90. The van der Waals surface area contributed by atoms with Gasteiger partial charge in [-0.25, -0.2) is 0 Å². The van der Waals surface area contributed by atoms with Crippen LogP contribution in [0.1, 0.15) is 46.5 Å². The Morgan fingerprint density at radius 1 is 1.13 bits per heavy atom. The molecule has 2 rings (SSSR count). The smallest absolute Gasteiger partial charge is 0.0598 e. The van der Waals surface area contributed by atoms with Gasteiger partial charge in [-0.2, -0.15) is 0 Å². The van der Waals surface area contributed by atoms with Gasteiger partial charge in [-0.1, -0.05) is 6.42 Å². The van der Waals surface area contributed by atoms with Crippen molar-refractivity contribution in [2.24, 2.45) is 5.92 Å². The predicted octanol–water partition coefficient (Wildman–Crippen LogP) is 2.68. The minimum Gasteiger partial charge on any atom is -0.376 e. The normalized spacial score (nSPS) is 33.0. The van der Waals surface area contributed by atoms with Crippen molar-refractivity contribution in [3.63, 3.8) is 0 Å². The Labute approximate surface area is 94.0 Å². The lowest BCUT2D eigenvalue weighted by molar-refractivity contribution is -0.0297. The van der Waals surface area contributed by atoms with Gasteiger partial charge in [0.05, 0.1) is 12.2 Å². The SMILES string of the molecule is CC(C)(C)OCC1CCN2CCCCC12. The first-order valence-corrected chi connectivity index (χ1v) is 6.44. The summed E-state index contributed by atoms with van der Waals surface area (Å²) in [5.74, 6) is 0.796. The average Bonchev–Trinajstić information content (AvgIpc) is 2.57. The number of hydrogen-bond acceptors (Lipinski definition) is 2. The Kier molecular flexibility index (Phi) is 3.36. The molecule has 0 aromatic heterocycles. The van der Waals surface area contributed by atoms with E-state index in [1.807, 2.05) is 0 Å². The molecule has 0 N–H and O–H groups in total. The largest absolute Gasteiger partial charge is 0.376 e. The first-order chi connectivity index (χ1) is 7.06. The Bertz CT molecular complexity index is 209. The summed E-state index contributed by atoms with van der Waals surface area (Å²) in [6.07, 6.45) is 5.58. The molecule has 0 spiro atoms. The Balaban J connectivity index is 1.83. The van der Waals surface area contributed by atoms with Gasteiger partial charge >= 0.3 is 0 Å². The monoisotopic (exact) mass is 211 g/mol. The van der Waals surface area contributed by atoms with E-state index < -0.39 is 0 Å². The third kappa shape index (κ3) is 2.94. The highest BCUT2D eigenvalue weighted by Crippen LogP contribution is 2.32. The molecule has 2 aliphatic heterocycles. The van der Waals surface area contributed by atoms with Crippen LogP contribution in [0.25, 0.3) is 0 Å². The number of piperidine rings is 1. The lowest BCUT2D eigenvalue weighted by Crippen LogP contribution is -2.39. The third-order valence-electron chi connectivity index (χ3n) is 3.73. The van der Waals surface area contributed by atoms with Crippen LogP contribution in [0.15, 0.2) is 0 Å². The van der Waals surface area contributed by atoms with Gasteiger partial charge in [0.15, 0.2) is 0 Å². The zero-order chi connectivity index (χ0) is 10.9. The lowest BCUT2D eigenvalue weighted by Gasteiger charge is -2.33. The molecule has 0 radical (unpaired) electrons. The van der Waals surface area contributed by atoms with Crippen LogP contribution in [0.4, 0.5) is 0 Å². The molecule has 88 valence electrons. The van der Waals surface area contributed by atoms with Gasteiger partial charge in [-0.3, -0.25) is 0 Å². The van der Waals surface area contributed by atoms with Crippen molar-refractivity contribution in [1.82, 2.24) is 4.90 Å². The summed E-state index contributed by atoms with van der Waals surface area (Å²) in [6, 6.07) is 0.834. The molecule has 0 saturated carbocycles. The Hall–Kier alpha value is -0.0800. The summed E-state index contributed by atoms with van der Waals surface area (Å²) >= 11 is 0. The van der Waals surface area contributed by atoms with Crippen LogP contribution in [-0.2, 0) is 4.74 Å². The van der Waals surface area contributed by atoms with E-state index in [1.165, 1.54) is 38.8 Å². The van der Waals surface area contributed by atoms with Gasteiger partial charge < -0.3 is 9.64 Å². The van der Waals surface area contributed by atoms with Crippen molar-refractivity contribution in [2.75, 3.05) is 19.7 Å². The van der Waals surface area contributed by atoms with Crippen LogP contribution >= 0.6 is 0 Å². The van der Waals surface area contributed by atoms with Gasteiger partial charge in [0.25, 0.3) is 0 Å². The van der Waals surface area contributed by atoms with E-state index in [1.54, 1.807) is 0 Å². The Morgan fingerprint density at radius 2 is 1.93 bits per heavy atom. The second-order valence-corrected chi connectivity index (χ2v) is 6.07. The molecule has 2 atom stereocenters. The second-order valence-electron chi connectivity index (χ2n) is 6.07. The van der Waals surface area contributed by atoms with Crippen molar-refractivity contribution in [2.45, 2.75) is 58.1 Å². The predicted molar refractivity (Wildman–Crippen MR) is 63.0 cm³/mol. The van der Waals surface area contributed by atoms with E-state index in [4.69, 9.17) is 4.74 Å². The van der Waals surface area contributed by atoms with Crippen molar-refractivity contribution < 1.29 is 4.74 Å². The highest BCUT2D eigenvalue weighted by atomic mass is 16.5. The molecule has 2 fully saturated rings. The summed E-state index contributed by atoms with van der Waals surface area (Å²) < 4.78 is 5.94. The van der Waals surface area contributed by atoms with Crippen molar-refractivity contribution >= 4 is 0 Å². The van der Waals surface area contributed by atoms with E-state index in [-0.39, 0.29) is 5.60 Å². The van der Waals surface area contributed by atoms with Crippen LogP contribution < -0.4 is 0 Å². The number of ether oxygens (including phenoxy) is 1. The molecule has 0 bridgehead atoms. The van der Waals surface area contributed by atoms with Crippen LogP contribution in [0.5, 0.6) is 0 Å². The molecule has 2 saturated heterocycles. The van der Waals surface area contributed by atoms with E-state index >= 15 is 0 Å². The summed E-state index contributed by atoms with van der Waals surface area (Å²) in [5, 5.41) is 0. The first kappa shape index (κ1) is 11.4. The summed E-state index contributed by atoms with van der Waals surface area (Å²) in [4.78, 5) is 2.68. The molecule has 0 amide bonds. The maximum Gasteiger partial charge on any atom is 0.0598 e. The summed E-state index contributed by atoms with van der Waals surface area (Å²) in [5.41, 5.74) is 0.0298. The standard InChI is InChI=1S/C13H25NO/c1-13(2,3)15-10-11-7-9-14-8-5-4-6-12(11)14/h11-12H,4-10H2,1-3H3. The quantitative estimate of drug-likeness (QED) is 0.696. The average molecular weight is 211 g/mol. The molecular formula is C13H25NO. The van der Waals surface area contributed by atoms with Gasteiger partial charge in [0.2, 0.25) is 0 Å². The molecule has 2 heterocycles. The number of hydrogen-bond donors (Lipinski definition) is 0. The molecule has 2 unspecified atom stereocenters. The van der Waals surface area contributed by atoms with E-state index in [0.717, 1.165) is 18.6 Å². The summed E-state index contributed by atoms with van der Waals surface area (Å²) in [7, 11) is 0. The highest BCUT2D eigenvalue weighted by molar-refractivity contribution is 4.89. The van der Waals surface area contributed by atoms with E-state index in [0.29, 0.717) is 0 Å². The Morgan fingerprint density at radius 3 is 2.67 bits per heavy atom. The molecule has 0 aromatic carbocycles. The molecule has 2 nitrogen and oxygen atoms in total. The number of fused-ring (bicyclic) bond motifs is 1. The fraction of sp³-hybridized carbons (Fsp3) is 1.00. The number of nitrogens with zero attached hydrogens (tertiary/aromatic N) is 1. The first-order valence-electron chi connectivity index (χ1n) is 6.44. The lowest BCUT2D eigenvalue weighted by atomic mass is 9.94. The minimum absolute atomic E-state index is 0.0298. The zero-order valence-electron chi connectivity index (χ0n) is 10.5.